The van der Waals surface area contributed by atoms with Gasteiger partial charge in [-0.05, 0) is 92.6 Å². The SMILES string of the molecule is C=CC(O)N1CCN(c2nc(OC[C@@H]3CCCN3C)nc3c2C[C@@H](C)[C@H](c2cc(O)cc4ccccc24)C3)[C@@H](C)C1. The van der Waals surface area contributed by atoms with Gasteiger partial charge in [0.05, 0.1) is 5.69 Å². The van der Waals surface area contributed by atoms with Crippen LogP contribution in [0.1, 0.15) is 49.4 Å². The Balaban J connectivity index is 1.36. The van der Waals surface area contributed by atoms with Crippen molar-refractivity contribution in [1.29, 1.82) is 0 Å². The predicted molar refractivity (Wildman–Crippen MR) is 163 cm³/mol. The monoisotopic (exact) mass is 557 g/mol. The molecule has 0 radical (unpaired) electrons. The van der Waals surface area contributed by atoms with Crippen LogP contribution >= 0.6 is 0 Å². The molecule has 41 heavy (non-hydrogen) atoms. The Hall–Kier alpha value is -3.20. The molecule has 0 saturated carbocycles. The highest BCUT2D eigenvalue weighted by Gasteiger charge is 2.36. The van der Waals surface area contributed by atoms with Crippen LogP contribution in [0.3, 0.4) is 0 Å². The number of anilines is 1. The predicted octanol–water partition coefficient (Wildman–Crippen LogP) is 4.34. The van der Waals surface area contributed by atoms with Gasteiger partial charge < -0.3 is 24.7 Å². The number of fused-ring (bicyclic) bond motifs is 2. The highest BCUT2D eigenvalue weighted by molar-refractivity contribution is 5.87. The molecule has 8 nitrogen and oxygen atoms in total. The lowest BCUT2D eigenvalue weighted by molar-refractivity contribution is 0.0295. The summed E-state index contributed by atoms with van der Waals surface area (Å²) in [5, 5.41) is 23.2. The summed E-state index contributed by atoms with van der Waals surface area (Å²) in [5.41, 5.74) is 3.42. The van der Waals surface area contributed by atoms with E-state index in [9.17, 15) is 10.2 Å². The first-order valence-electron chi connectivity index (χ1n) is 15.1. The molecule has 0 amide bonds. The van der Waals surface area contributed by atoms with E-state index >= 15 is 0 Å². The number of piperazine rings is 1. The Morgan fingerprint density at radius 2 is 1.95 bits per heavy atom. The maximum absolute atomic E-state index is 10.6. The van der Waals surface area contributed by atoms with Crippen molar-refractivity contribution in [3.63, 3.8) is 0 Å². The van der Waals surface area contributed by atoms with Crippen molar-refractivity contribution in [3.8, 4) is 11.8 Å². The van der Waals surface area contributed by atoms with Crippen LogP contribution in [0.15, 0.2) is 49.1 Å². The molecule has 8 heteroatoms. The number of benzene rings is 2. The van der Waals surface area contributed by atoms with Crippen LogP contribution < -0.4 is 9.64 Å². The minimum Gasteiger partial charge on any atom is -0.508 e. The molecule has 2 fully saturated rings. The summed E-state index contributed by atoms with van der Waals surface area (Å²) < 4.78 is 6.33. The molecule has 3 heterocycles. The molecule has 6 rings (SSSR count). The maximum Gasteiger partial charge on any atom is 0.318 e. The van der Waals surface area contributed by atoms with Gasteiger partial charge in [-0.1, -0.05) is 37.8 Å². The highest BCUT2D eigenvalue weighted by Crippen LogP contribution is 2.43. The van der Waals surface area contributed by atoms with Gasteiger partial charge in [-0.2, -0.15) is 9.97 Å². The third kappa shape index (κ3) is 5.53. The Morgan fingerprint density at radius 1 is 1.12 bits per heavy atom. The fourth-order valence-electron chi connectivity index (χ4n) is 7.15. The number of rotatable bonds is 7. The molecule has 3 aromatic rings. The zero-order chi connectivity index (χ0) is 28.7. The summed E-state index contributed by atoms with van der Waals surface area (Å²) in [6, 6.07) is 13.1. The van der Waals surface area contributed by atoms with Crippen molar-refractivity contribution in [2.24, 2.45) is 5.92 Å². The molecule has 0 spiro atoms. The van der Waals surface area contributed by atoms with Crippen LogP contribution in [0.25, 0.3) is 10.8 Å². The summed E-state index contributed by atoms with van der Waals surface area (Å²) in [5.74, 6) is 1.83. The van der Waals surface area contributed by atoms with E-state index < -0.39 is 6.23 Å². The molecule has 3 aliphatic rings. The first kappa shape index (κ1) is 27.9. The summed E-state index contributed by atoms with van der Waals surface area (Å²) in [6.07, 6.45) is 4.89. The molecule has 1 aromatic heterocycles. The molecule has 2 N–H and O–H groups in total. The van der Waals surface area contributed by atoms with Crippen molar-refractivity contribution in [3.05, 3.63) is 65.9 Å². The fourth-order valence-corrected chi connectivity index (χ4v) is 7.15. The van der Waals surface area contributed by atoms with Crippen LogP contribution in [0.2, 0.25) is 0 Å². The normalized spacial score (nSPS) is 26.2. The number of aliphatic hydroxyl groups excluding tert-OH is 1. The van der Waals surface area contributed by atoms with Gasteiger partial charge in [0.2, 0.25) is 0 Å². The van der Waals surface area contributed by atoms with Crippen LogP contribution in [0.5, 0.6) is 11.8 Å². The van der Waals surface area contributed by atoms with Gasteiger partial charge in [-0.15, -0.1) is 0 Å². The molecule has 2 saturated heterocycles. The van der Waals surface area contributed by atoms with Gasteiger partial charge in [0.25, 0.3) is 0 Å². The van der Waals surface area contributed by atoms with E-state index in [-0.39, 0.29) is 12.0 Å². The van der Waals surface area contributed by atoms with E-state index in [4.69, 9.17) is 14.7 Å². The Kier molecular flexibility index (Phi) is 7.90. The first-order chi connectivity index (χ1) is 19.8. The van der Waals surface area contributed by atoms with E-state index in [1.807, 2.05) is 18.2 Å². The third-order valence-corrected chi connectivity index (χ3v) is 9.55. The van der Waals surface area contributed by atoms with Crippen molar-refractivity contribution in [2.45, 2.75) is 63.8 Å². The second-order valence-electron chi connectivity index (χ2n) is 12.3. The average molecular weight is 558 g/mol. The number of phenols is 1. The van der Waals surface area contributed by atoms with Crippen LogP contribution in [0.4, 0.5) is 5.82 Å². The zero-order valence-electron chi connectivity index (χ0n) is 24.5. The highest BCUT2D eigenvalue weighted by atomic mass is 16.5. The summed E-state index contributed by atoms with van der Waals surface area (Å²) in [7, 11) is 2.16. The van der Waals surface area contributed by atoms with Gasteiger partial charge in [-0.3, -0.25) is 4.90 Å². The van der Waals surface area contributed by atoms with E-state index in [0.717, 1.165) is 62.3 Å². The molecular formula is C33H43N5O3. The number of phenolic OH excluding ortho intramolecular Hbond substituents is 1. The molecule has 5 atom stereocenters. The summed E-state index contributed by atoms with van der Waals surface area (Å²) in [6.45, 7) is 12.2. The van der Waals surface area contributed by atoms with E-state index in [1.165, 1.54) is 22.9 Å². The lowest BCUT2D eigenvalue weighted by atomic mass is 9.74. The van der Waals surface area contributed by atoms with Gasteiger partial charge in [0.1, 0.15) is 24.4 Å². The standard InChI is InChI=1S/C33H43N5O3/c1-5-31(40)37-13-14-38(22(3)19-37)32-29-15-21(2)27(28-17-25(39)16-23-9-6-7-11-26(23)28)18-30(29)34-33(35-32)41-20-24-10-8-12-36(24)4/h5-7,9,11,16-17,21-22,24,27,31,39-40H,1,8,10,12-15,18-20H2,2-4H3/t21-,22+,24+,27-,31?/m1/s1. The Bertz CT molecular complexity index is 1410. The molecular weight excluding hydrogens is 514 g/mol. The number of likely N-dealkylation sites (N-methyl/N-ethyl adjacent to an activating group) is 1. The molecule has 2 aliphatic heterocycles. The number of aromatic hydroxyl groups is 1. The number of likely N-dealkylation sites (tertiary alicyclic amines) is 1. The average Bonchev–Trinajstić information content (AvgIpc) is 3.39. The molecule has 2 aromatic carbocycles. The number of hydrogen-bond acceptors (Lipinski definition) is 8. The van der Waals surface area contributed by atoms with Crippen molar-refractivity contribution in [2.75, 3.05) is 44.7 Å². The van der Waals surface area contributed by atoms with Gasteiger partial charge >= 0.3 is 6.01 Å². The molecule has 0 bridgehead atoms. The topological polar surface area (TPSA) is 85.2 Å². The Morgan fingerprint density at radius 3 is 2.71 bits per heavy atom. The van der Waals surface area contributed by atoms with Crippen molar-refractivity contribution >= 4 is 16.6 Å². The minimum atomic E-state index is -0.640. The lowest BCUT2D eigenvalue weighted by Gasteiger charge is -2.43. The molecule has 1 aliphatic carbocycles. The number of aliphatic hydroxyl groups is 1. The first-order valence-corrected chi connectivity index (χ1v) is 15.1. The maximum atomic E-state index is 10.6. The fraction of sp³-hybridized carbons (Fsp3) is 0.515. The largest absolute Gasteiger partial charge is 0.508 e. The van der Waals surface area contributed by atoms with Crippen molar-refractivity contribution < 1.29 is 14.9 Å². The number of aromatic nitrogens is 2. The van der Waals surface area contributed by atoms with Crippen LogP contribution in [-0.4, -0.2) is 88.1 Å². The third-order valence-electron chi connectivity index (χ3n) is 9.55. The lowest BCUT2D eigenvalue weighted by Crippen LogP contribution is -2.55. The van der Waals surface area contributed by atoms with E-state index in [1.54, 1.807) is 6.08 Å². The van der Waals surface area contributed by atoms with Crippen LogP contribution in [0, 0.1) is 5.92 Å². The quantitative estimate of drug-likeness (QED) is 0.415. The Labute approximate surface area is 243 Å². The second-order valence-corrected chi connectivity index (χ2v) is 12.3. The van der Waals surface area contributed by atoms with Gasteiger partial charge in [0.15, 0.2) is 0 Å². The zero-order valence-corrected chi connectivity index (χ0v) is 24.5. The van der Waals surface area contributed by atoms with Crippen LogP contribution in [-0.2, 0) is 12.8 Å². The van der Waals surface area contributed by atoms with Gasteiger partial charge in [-0.25, -0.2) is 0 Å². The van der Waals surface area contributed by atoms with Crippen molar-refractivity contribution in [1.82, 2.24) is 19.8 Å². The molecule has 218 valence electrons. The summed E-state index contributed by atoms with van der Waals surface area (Å²) >= 11 is 0. The minimum absolute atomic E-state index is 0.161. The molecule has 1 unspecified atom stereocenters. The van der Waals surface area contributed by atoms with E-state index in [0.29, 0.717) is 30.3 Å². The second kappa shape index (κ2) is 11.6. The number of hydrogen-bond donors (Lipinski definition) is 2. The number of nitrogens with zero attached hydrogens (tertiary/aromatic N) is 5. The van der Waals surface area contributed by atoms with Gasteiger partial charge in [0, 0.05) is 37.3 Å². The number of ether oxygens (including phenoxy) is 1. The summed E-state index contributed by atoms with van der Waals surface area (Å²) in [4.78, 5) is 16.9. The van der Waals surface area contributed by atoms with E-state index in [2.05, 4.69) is 60.4 Å². The smallest absolute Gasteiger partial charge is 0.318 e.